The van der Waals surface area contributed by atoms with Gasteiger partial charge in [-0.3, -0.25) is 14.9 Å². The molecule has 5 nitrogen and oxygen atoms in total. The number of hydrogen-bond donors (Lipinski definition) is 1. The van der Waals surface area contributed by atoms with Crippen molar-refractivity contribution in [2.75, 3.05) is 0 Å². The summed E-state index contributed by atoms with van der Waals surface area (Å²) in [4.78, 5) is 22.3. The van der Waals surface area contributed by atoms with E-state index in [1.165, 1.54) is 13.0 Å². The van der Waals surface area contributed by atoms with Crippen molar-refractivity contribution in [3.05, 3.63) is 75.3 Å². The first kappa shape index (κ1) is 14.9. The molecular formula is C16H16N2O3. The van der Waals surface area contributed by atoms with Crippen LogP contribution in [0.4, 0.5) is 5.69 Å². The van der Waals surface area contributed by atoms with Crippen LogP contribution in [0, 0.1) is 10.1 Å². The van der Waals surface area contributed by atoms with Crippen molar-refractivity contribution in [1.82, 2.24) is 0 Å². The first-order chi connectivity index (χ1) is 10.0. The summed E-state index contributed by atoms with van der Waals surface area (Å²) in [5.74, 6) is -0.338. The summed E-state index contributed by atoms with van der Waals surface area (Å²) in [6, 6.07) is 13.7. The zero-order chi connectivity index (χ0) is 15.4. The van der Waals surface area contributed by atoms with Crippen molar-refractivity contribution in [2.45, 2.75) is 19.4 Å². The molecule has 108 valence electrons. The van der Waals surface area contributed by atoms with Gasteiger partial charge >= 0.3 is 0 Å². The largest absolute Gasteiger partial charge is 0.323 e. The minimum atomic E-state index is -0.535. The fourth-order valence-corrected chi connectivity index (χ4v) is 2.33. The highest BCUT2D eigenvalue weighted by Gasteiger charge is 2.25. The molecule has 0 aliphatic carbocycles. The van der Waals surface area contributed by atoms with Crippen LogP contribution in [0.1, 0.15) is 34.5 Å². The third-order valence-electron chi connectivity index (χ3n) is 3.33. The minimum absolute atomic E-state index is 0.0982. The molecule has 5 heteroatoms. The van der Waals surface area contributed by atoms with Gasteiger partial charge in [0, 0.05) is 11.6 Å². The topological polar surface area (TPSA) is 86.2 Å². The van der Waals surface area contributed by atoms with Crippen molar-refractivity contribution >= 4 is 11.5 Å². The lowest BCUT2D eigenvalue weighted by molar-refractivity contribution is -0.386. The lowest BCUT2D eigenvalue weighted by Crippen LogP contribution is -2.16. The Bertz CT molecular complexity index is 668. The Hall–Kier alpha value is -2.53. The predicted molar refractivity (Wildman–Crippen MR) is 80.2 cm³/mol. The number of para-hydroxylation sites is 1. The number of nitrogens with zero attached hydrogens (tertiary/aromatic N) is 1. The molecule has 0 radical (unpaired) electrons. The van der Waals surface area contributed by atoms with Crippen molar-refractivity contribution < 1.29 is 9.72 Å². The molecule has 0 saturated carbocycles. The maximum absolute atomic E-state index is 11.6. The average Bonchev–Trinajstić information content (AvgIpc) is 2.47. The molecule has 1 unspecified atom stereocenters. The normalized spacial score (nSPS) is 11.9. The number of rotatable bonds is 5. The van der Waals surface area contributed by atoms with Gasteiger partial charge in [0.2, 0.25) is 0 Å². The molecule has 21 heavy (non-hydrogen) atoms. The van der Waals surface area contributed by atoms with E-state index in [9.17, 15) is 14.9 Å². The highest BCUT2D eigenvalue weighted by molar-refractivity contribution is 5.98. The molecule has 0 spiro atoms. The average molecular weight is 284 g/mol. The van der Waals surface area contributed by atoms with Gasteiger partial charge in [0.05, 0.1) is 10.5 Å². The van der Waals surface area contributed by atoms with Crippen LogP contribution in [-0.4, -0.2) is 10.7 Å². The fraction of sp³-hybridized carbons (Fsp3) is 0.188. The highest BCUT2D eigenvalue weighted by Crippen LogP contribution is 2.30. The molecule has 1 atom stereocenters. The van der Waals surface area contributed by atoms with E-state index in [2.05, 4.69) is 0 Å². The summed E-state index contributed by atoms with van der Waals surface area (Å²) >= 11 is 0. The number of hydrogen-bond acceptors (Lipinski definition) is 4. The van der Waals surface area contributed by atoms with Gasteiger partial charge in [0.25, 0.3) is 5.69 Å². The zero-order valence-corrected chi connectivity index (χ0v) is 11.7. The smallest absolute Gasteiger partial charge is 0.284 e. The van der Waals surface area contributed by atoms with Gasteiger partial charge in [0.15, 0.2) is 5.78 Å². The number of nitrogens with two attached hydrogens (primary N) is 1. The summed E-state index contributed by atoms with van der Waals surface area (Å²) in [7, 11) is 0. The SMILES string of the molecule is CC(=O)c1cccc(C(N)Cc2ccccc2)c1[N+](=O)[O-]. The predicted octanol–water partition coefficient (Wildman–Crippen LogP) is 3.04. The van der Waals surface area contributed by atoms with Crippen LogP contribution in [0.5, 0.6) is 0 Å². The molecule has 0 bridgehead atoms. The van der Waals surface area contributed by atoms with E-state index in [0.29, 0.717) is 12.0 Å². The summed E-state index contributed by atoms with van der Waals surface area (Å²) in [5, 5.41) is 11.3. The van der Waals surface area contributed by atoms with E-state index < -0.39 is 11.0 Å². The van der Waals surface area contributed by atoms with Gasteiger partial charge in [-0.05, 0) is 25.0 Å². The third kappa shape index (κ3) is 3.32. The van der Waals surface area contributed by atoms with Gasteiger partial charge in [-0.2, -0.15) is 0 Å². The van der Waals surface area contributed by atoms with Gasteiger partial charge in [-0.25, -0.2) is 0 Å². The lowest BCUT2D eigenvalue weighted by Gasteiger charge is -2.13. The number of carbonyl (C=O) groups is 1. The quantitative estimate of drug-likeness (QED) is 0.519. The molecule has 2 aromatic carbocycles. The molecule has 0 aromatic heterocycles. The number of nitro benzene ring substituents is 1. The Morgan fingerprint density at radius 1 is 1.19 bits per heavy atom. The second kappa shape index (κ2) is 6.28. The van der Waals surface area contributed by atoms with Crippen LogP contribution < -0.4 is 5.73 Å². The van der Waals surface area contributed by atoms with Crippen LogP contribution in [-0.2, 0) is 6.42 Å². The standard InChI is InChI=1S/C16H16N2O3/c1-11(19)13-8-5-9-14(16(13)18(20)21)15(17)10-12-6-3-2-4-7-12/h2-9,15H,10,17H2,1H3. The summed E-state index contributed by atoms with van der Waals surface area (Å²) in [5.41, 5.74) is 7.41. The van der Waals surface area contributed by atoms with Gasteiger partial charge in [-0.1, -0.05) is 42.5 Å². The molecule has 0 fully saturated rings. The van der Waals surface area contributed by atoms with Gasteiger partial charge in [-0.15, -0.1) is 0 Å². The van der Waals surface area contributed by atoms with E-state index in [4.69, 9.17) is 5.73 Å². The first-order valence-electron chi connectivity index (χ1n) is 6.58. The Kier molecular flexibility index (Phi) is 4.45. The van der Waals surface area contributed by atoms with Crippen LogP contribution in [0.2, 0.25) is 0 Å². The Morgan fingerprint density at radius 3 is 2.43 bits per heavy atom. The summed E-state index contributed by atoms with van der Waals surface area (Å²) < 4.78 is 0. The number of benzene rings is 2. The molecule has 0 amide bonds. The minimum Gasteiger partial charge on any atom is -0.323 e. The van der Waals surface area contributed by atoms with Crippen LogP contribution in [0.15, 0.2) is 48.5 Å². The van der Waals surface area contributed by atoms with Crippen LogP contribution in [0.3, 0.4) is 0 Å². The van der Waals surface area contributed by atoms with Crippen LogP contribution >= 0.6 is 0 Å². The third-order valence-corrected chi connectivity index (χ3v) is 3.33. The molecule has 0 aliphatic heterocycles. The van der Waals surface area contributed by atoms with Gasteiger partial charge in [0.1, 0.15) is 0 Å². The Labute approximate surface area is 122 Å². The maximum atomic E-state index is 11.6. The molecule has 0 saturated heterocycles. The first-order valence-corrected chi connectivity index (χ1v) is 6.58. The van der Waals surface area contributed by atoms with E-state index in [0.717, 1.165) is 5.56 Å². The number of ketones is 1. The lowest BCUT2D eigenvalue weighted by atomic mass is 9.95. The van der Waals surface area contributed by atoms with E-state index >= 15 is 0 Å². The monoisotopic (exact) mass is 284 g/mol. The highest BCUT2D eigenvalue weighted by atomic mass is 16.6. The maximum Gasteiger partial charge on any atom is 0.284 e. The van der Waals surface area contributed by atoms with E-state index in [1.54, 1.807) is 12.1 Å². The second-order valence-electron chi connectivity index (χ2n) is 4.85. The second-order valence-corrected chi connectivity index (χ2v) is 4.85. The molecule has 2 N–H and O–H groups in total. The fourth-order valence-electron chi connectivity index (χ4n) is 2.33. The number of nitro groups is 1. The van der Waals surface area contributed by atoms with Crippen molar-refractivity contribution in [3.8, 4) is 0 Å². The van der Waals surface area contributed by atoms with Crippen molar-refractivity contribution in [3.63, 3.8) is 0 Å². The summed E-state index contributed by atoms with van der Waals surface area (Å²) in [6.07, 6.45) is 0.475. The van der Waals surface area contributed by atoms with Crippen molar-refractivity contribution in [2.24, 2.45) is 5.73 Å². The van der Waals surface area contributed by atoms with E-state index in [1.807, 2.05) is 30.3 Å². The van der Waals surface area contributed by atoms with Gasteiger partial charge < -0.3 is 5.73 Å². The van der Waals surface area contributed by atoms with E-state index in [-0.39, 0.29) is 17.0 Å². The molecule has 0 aliphatic rings. The molecule has 2 rings (SSSR count). The molecule has 2 aromatic rings. The number of carbonyl (C=O) groups excluding carboxylic acids is 1. The number of Topliss-reactive ketones (excluding diaryl/α,β-unsaturated/α-hetero) is 1. The molecular weight excluding hydrogens is 268 g/mol. The Balaban J connectivity index is 2.41. The zero-order valence-electron chi connectivity index (χ0n) is 11.7. The van der Waals surface area contributed by atoms with Crippen LogP contribution in [0.25, 0.3) is 0 Å². The summed E-state index contributed by atoms with van der Waals surface area (Å²) in [6.45, 7) is 1.31. The van der Waals surface area contributed by atoms with Crippen molar-refractivity contribution in [1.29, 1.82) is 0 Å². The molecule has 0 heterocycles. The Morgan fingerprint density at radius 2 is 1.86 bits per heavy atom.